The van der Waals surface area contributed by atoms with Crippen molar-refractivity contribution in [2.75, 3.05) is 21.2 Å². The standard InChI is InChI=1S/C14H22N2O2/c1-10(15-11(2)14(17)16(3)4)12-7-6-8-13(9-12)18-5/h6-11,15H,1-5H3/t10-,11?/m1/s1. The molecule has 1 unspecified atom stereocenters. The van der Waals surface area contributed by atoms with E-state index in [1.54, 1.807) is 26.1 Å². The summed E-state index contributed by atoms with van der Waals surface area (Å²) in [6.45, 7) is 3.91. The molecule has 0 aliphatic heterocycles. The van der Waals surface area contributed by atoms with Gasteiger partial charge in [-0.15, -0.1) is 0 Å². The molecule has 0 aliphatic rings. The lowest BCUT2D eigenvalue weighted by atomic mass is 10.1. The van der Waals surface area contributed by atoms with Gasteiger partial charge in [-0.2, -0.15) is 0 Å². The van der Waals surface area contributed by atoms with E-state index in [1.807, 2.05) is 38.1 Å². The number of carbonyl (C=O) groups is 1. The number of hydrogen-bond acceptors (Lipinski definition) is 3. The third kappa shape index (κ3) is 3.74. The Morgan fingerprint density at radius 2 is 2.00 bits per heavy atom. The summed E-state index contributed by atoms with van der Waals surface area (Å²) in [5.41, 5.74) is 1.10. The minimum Gasteiger partial charge on any atom is -0.497 e. The lowest BCUT2D eigenvalue weighted by Crippen LogP contribution is -2.42. The molecule has 18 heavy (non-hydrogen) atoms. The van der Waals surface area contributed by atoms with Crippen molar-refractivity contribution in [1.82, 2.24) is 10.2 Å². The molecule has 100 valence electrons. The highest BCUT2D eigenvalue weighted by Crippen LogP contribution is 2.19. The monoisotopic (exact) mass is 250 g/mol. The lowest BCUT2D eigenvalue weighted by molar-refractivity contribution is -0.130. The van der Waals surface area contributed by atoms with Gasteiger partial charge in [0.1, 0.15) is 5.75 Å². The maximum atomic E-state index is 11.8. The van der Waals surface area contributed by atoms with Crippen molar-refractivity contribution in [3.63, 3.8) is 0 Å². The Labute approximate surface area is 109 Å². The van der Waals surface area contributed by atoms with Gasteiger partial charge in [0.2, 0.25) is 5.91 Å². The van der Waals surface area contributed by atoms with Crippen LogP contribution in [0.4, 0.5) is 0 Å². The quantitative estimate of drug-likeness (QED) is 0.866. The zero-order valence-electron chi connectivity index (χ0n) is 11.7. The Kier molecular flexibility index (Phi) is 5.16. The molecule has 4 nitrogen and oxygen atoms in total. The molecular weight excluding hydrogens is 228 g/mol. The summed E-state index contributed by atoms with van der Waals surface area (Å²) in [5.74, 6) is 0.900. The highest BCUT2D eigenvalue weighted by atomic mass is 16.5. The number of amides is 1. The van der Waals surface area contributed by atoms with E-state index in [-0.39, 0.29) is 18.0 Å². The fourth-order valence-electron chi connectivity index (χ4n) is 1.84. The van der Waals surface area contributed by atoms with Gasteiger partial charge in [-0.3, -0.25) is 10.1 Å². The second kappa shape index (κ2) is 6.40. The fraction of sp³-hybridized carbons (Fsp3) is 0.500. The van der Waals surface area contributed by atoms with Crippen LogP contribution in [0.3, 0.4) is 0 Å². The van der Waals surface area contributed by atoms with Crippen LogP contribution in [0.5, 0.6) is 5.75 Å². The number of carbonyl (C=O) groups excluding carboxylic acids is 1. The second-order valence-electron chi connectivity index (χ2n) is 4.62. The van der Waals surface area contributed by atoms with Crippen LogP contribution in [0.25, 0.3) is 0 Å². The van der Waals surface area contributed by atoms with E-state index in [0.717, 1.165) is 11.3 Å². The summed E-state index contributed by atoms with van der Waals surface area (Å²) in [7, 11) is 5.17. The van der Waals surface area contributed by atoms with Gasteiger partial charge in [-0.25, -0.2) is 0 Å². The number of nitrogens with zero attached hydrogens (tertiary/aromatic N) is 1. The van der Waals surface area contributed by atoms with Gasteiger partial charge in [0.25, 0.3) is 0 Å². The van der Waals surface area contributed by atoms with Crippen molar-refractivity contribution in [2.24, 2.45) is 0 Å². The summed E-state index contributed by atoms with van der Waals surface area (Å²) >= 11 is 0. The van der Waals surface area contributed by atoms with Crippen molar-refractivity contribution in [1.29, 1.82) is 0 Å². The van der Waals surface area contributed by atoms with E-state index in [9.17, 15) is 4.79 Å². The Morgan fingerprint density at radius 3 is 2.56 bits per heavy atom. The van der Waals surface area contributed by atoms with Crippen LogP contribution in [0.1, 0.15) is 25.5 Å². The van der Waals surface area contributed by atoms with Crippen LogP contribution in [0, 0.1) is 0 Å². The summed E-state index contributed by atoms with van der Waals surface area (Å²) < 4.78 is 5.19. The van der Waals surface area contributed by atoms with E-state index in [4.69, 9.17) is 4.74 Å². The van der Waals surface area contributed by atoms with E-state index in [2.05, 4.69) is 5.32 Å². The first-order valence-corrected chi connectivity index (χ1v) is 6.07. The Morgan fingerprint density at radius 1 is 1.33 bits per heavy atom. The van der Waals surface area contributed by atoms with E-state index in [1.165, 1.54) is 0 Å². The molecule has 0 fully saturated rings. The number of nitrogens with one attached hydrogen (secondary N) is 1. The SMILES string of the molecule is COc1cccc([C@@H](C)NC(C)C(=O)N(C)C)c1. The molecule has 0 aromatic heterocycles. The van der Waals surface area contributed by atoms with Gasteiger partial charge in [0.05, 0.1) is 13.2 Å². The van der Waals surface area contributed by atoms with Gasteiger partial charge >= 0.3 is 0 Å². The first kappa shape index (κ1) is 14.5. The molecule has 0 radical (unpaired) electrons. The van der Waals surface area contributed by atoms with Crippen molar-refractivity contribution in [2.45, 2.75) is 25.9 Å². The van der Waals surface area contributed by atoms with Gasteiger partial charge in [-0.1, -0.05) is 12.1 Å². The number of methoxy groups -OCH3 is 1. The maximum Gasteiger partial charge on any atom is 0.238 e. The first-order chi connectivity index (χ1) is 8.45. The van der Waals surface area contributed by atoms with Gasteiger partial charge in [0, 0.05) is 20.1 Å². The zero-order chi connectivity index (χ0) is 13.7. The second-order valence-corrected chi connectivity index (χ2v) is 4.62. The van der Waals surface area contributed by atoms with Crippen LogP contribution in [0.15, 0.2) is 24.3 Å². The highest BCUT2D eigenvalue weighted by Gasteiger charge is 2.17. The van der Waals surface area contributed by atoms with E-state index in [0.29, 0.717) is 0 Å². The van der Waals surface area contributed by atoms with Crippen LogP contribution >= 0.6 is 0 Å². The predicted octanol–water partition coefficient (Wildman–Crippen LogP) is 1.82. The predicted molar refractivity (Wildman–Crippen MR) is 72.7 cm³/mol. The summed E-state index contributed by atoms with van der Waals surface area (Å²) in [6.07, 6.45) is 0. The molecule has 0 spiro atoms. The van der Waals surface area contributed by atoms with Crippen molar-refractivity contribution >= 4 is 5.91 Å². The average Bonchev–Trinajstić information content (AvgIpc) is 2.37. The van der Waals surface area contributed by atoms with Crippen molar-refractivity contribution in [3.8, 4) is 5.75 Å². The topological polar surface area (TPSA) is 41.6 Å². The maximum absolute atomic E-state index is 11.8. The number of likely N-dealkylation sites (N-methyl/N-ethyl adjacent to an activating group) is 1. The average molecular weight is 250 g/mol. The molecule has 1 rings (SSSR count). The minimum atomic E-state index is -0.207. The van der Waals surface area contributed by atoms with Gasteiger partial charge in [-0.05, 0) is 31.5 Å². The number of hydrogen-bond donors (Lipinski definition) is 1. The molecule has 1 N–H and O–H groups in total. The molecule has 1 amide bonds. The first-order valence-electron chi connectivity index (χ1n) is 6.07. The van der Waals surface area contributed by atoms with Crippen LogP contribution in [0.2, 0.25) is 0 Å². The molecular formula is C14H22N2O2. The van der Waals surface area contributed by atoms with E-state index >= 15 is 0 Å². The smallest absolute Gasteiger partial charge is 0.238 e. The molecule has 0 saturated carbocycles. The van der Waals surface area contributed by atoms with Crippen LogP contribution in [-0.4, -0.2) is 38.1 Å². The van der Waals surface area contributed by atoms with E-state index < -0.39 is 0 Å². The molecule has 0 saturated heterocycles. The largest absolute Gasteiger partial charge is 0.497 e. The number of ether oxygens (including phenoxy) is 1. The molecule has 0 bridgehead atoms. The van der Waals surface area contributed by atoms with Gasteiger partial charge < -0.3 is 9.64 Å². The Hall–Kier alpha value is -1.55. The highest BCUT2D eigenvalue weighted by molar-refractivity contribution is 5.80. The molecule has 0 aliphatic carbocycles. The van der Waals surface area contributed by atoms with Crippen LogP contribution in [-0.2, 0) is 4.79 Å². The summed E-state index contributed by atoms with van der Waals surface area (Å²) in [6, 6.07) is 7.74. The summed E-state index contributed by atoms with van der Waals surface area (Å²) in [4.78, 5) is 13.4. The lowest BCUT2D eigenvalue weighted by Gasteiger charge is -2.22. The Bertz CT molecular complexity index is 405. The van der Waals surface area contributed by atoms with Crippen LogP contribution < -0.4 is 10.1 Å². The number of benzene rings is 1. The number of rotatable bonds is 5. The molecule has 2 atom stereocenters. The third-order valence-electron chi connectivity index (χ3n) is 2.90. The summed E-state index contributed by atoms with van der Waals surface area (Å²) in [5, 5.41) is 3.28. The van der Waals surface area contributed by atoms with Gasteiger partial charge in [0.15, 0.2) is 0 Å². The third-order valence-corrected chi connectivity index (χ3v) is 2.90. The molecule has 0 heterocycles. The Balaban J connectivity index is 2.69. The molecule has 1 aromatic carbocycles. The van der Waals surface area contributed by atoms with Crippen molar-refractivity contribution < 1.29 is 9.53 Å². The zero-order valence-corrected chi connectivity index (χ0v) is 11.7. The van der Waals surface area contributed by atoms with Crippen molar-refractivity contribution in [3.05, 3.63) is 29.8 Å². The molecule has 4 heteroatoms. The molecule has 1 aromatic rings. The normalized spacial score (nSPS) is 13.8. The minimum absolute atomic E-state index is 0.0738. The fourth-order valence-corrected chi connectivity index (χ4v) is 1.84.